The molecule has 0 spiro atoms. The van der Waals surface area contributed by atoms with E-state index in [2.05, 4.69) is 13.6 Å². The summed E-state index contributed by atoms with van der Waals surface area (Å²) >= 11 is 0. The van der Waals surface area contributed by atoms with Gasteiger partial charge < -0.3 is 0 Å². The molecule has 0 aromatic heterocycles. The number of phosphoric ester groups is 1. The molecule has 92 valence electrons. The summed E-state index contributed by atoms with van der Waals surface area (Å²) in [4.78, 5) is 0. The van der Waals surface area contributed by atoms with Crippen molar-refractivity contribution in [3.8, 4) is 0 Å². The highest BCUT2D eigenvalue weighted by atomic mass is 31.2. The summed E-state index contributed by atoms with van der Waals surface area (Å²) in [6, 6.07) is 0. The Morgan fingerprint density at radius 3 is 1.67 bits per heavy atom. The van der Waals surface area contributed by atoms with E-state index in [0.717, 1.165) is 0 Å². The van der Waals surface area contributed by atoms with Gasteiger partial charge in [0.2, 0.25) is 0 Å². The third kappa shape index (κ3) is 7.72. The predicted octanol–water partition coefficient (Wildman–Crippen LogP) is 2.69. The Morgan fingerprint density at radius 2 is 1.40 bits per heavy atom. The molecule has 0 radical (unpaired) electrons. The number of hydrogen-bond donors (Lipinski definition) is 0. The molecule has 0 aliphatic rings. The lowest BCUT2D eigenvalue weighted by atomic mass is 10.8. The van der Waals surface area contributed by atoms with Crippen LogP contribution in [0.5, 0.6) is 0 Å². The average Bonchev–Trinajstić information content (AvgIpc) is 2.13. The molecule has 15 heavy (non-hydrogen) atoms. The fourth-order valence-corrected chi connectivity index (χ4v) is 1.70. The first kappa shape index (κ1) is 14.8. The second-order valence-corrected chi connectivity index (χ2v) is 3.91. The molecule has 0 amide bonds. The minimum Gasteiger partial charge on any atom is -0.287 e. The van der Waals surface area contributed by atoms with E-state index in [1.165, 1.54) is 6.92 Å². The lowest BCUT2D eigenvalue weighted by molar-refractivity contribution is 0.0201. The van der Waals surface area contributed by atoms with Crippen LogP contribution < -0.4 is 0 Å². The van der Waals surface area contributed by atoms with Crippen LogP contribution in [0.3, 0.4) is 0 Å². The quantitative estimate of drug-likeness (QED) is 0.493. The highest BCUT2D eigenvalue weighted by Crippen LogP contribution is 2.49. The summed E-state index contributed by atoms with van der Waals surface area (Å²) in [5.74, 6) is 0. The smallest absolute Gasteiger partial charge is 0.287 e. The van der Waals surface area contributed by atoms with E-state index in [1.807, 2.05) is 0 Å². The van der Waals surface area contributed by atoms with Gasteiger partial charge in [0, 0.05) is 0 Å². The first-order valence-electron chi connectivity index (χ1n) is 3.99. The van der Waals surface area contributed by atoms with Gasteiger partial charge in [0.15, 0.2) is 0 Å². The van der Waals surface area contributed by atoms with Gasteiger partial charge in [-0.2, -0.15) is 0 Å². The minimum atomic E-state index is -4.29. The van der Waals surface area contributed by atoms with E-state index in [0.29, 0.717) is 0 Å². The number of rotatable bonds is 8. The van der Waals surface area contributed by atoms with Crippen LogP contribution in [-0.4, -0.2) is 32.7 Å². The fourth-order valence-electron chi connectivity index (χ4n) is 0.565. The number of alkyl halides is 4. The Morgan fingerprint density at radius 1 is 1.00 bits per heavy atom. The van der Waals surface area contributed by atoms with E-state index in [9.17, 15) is 22.1 Å². The molecule has 0 aromatic rings. The van der Waals surface area contributed by atoms with Gasteiger partial charge in [-0.25, -0.2) is 22.1 Å². The maximum absolute atomic E-state index is 11.7. The summed E-state index contributed by atoms with van der Waals surface area (Å²) in [5, 5.41) is 0. The molecular weight excluding hydrogens is 243 g/mol. The number of halogens is 4. The van der Waals surface area contributed by atoms with Gasteiger partial charge in [0.1, 0.15) is 13.2 Å². The molecule has 0 fully saturated rings. The number of hydrogen-bond acceptors (Lipinski definition) is 4. The summed E-state index contributed by atoms with van der Waals surface area (Å²) in [6.45, 7) is -1.16. The van der Waals surface area contributed by atoms with Crippen LogP contribution in [0.2, 0.25) is 0 Å². The molecule has 0 saturated heterocycles. The standard InChI is InChI=1S/C6H11F4O4P/c1-2-12-15(11,13-3-5(7)8)14-4-6(9)10/h5-6H,2-4H2,1H3. The van der Waals surface area contributed by atoms with Crippen LogP contribution in [0.4, 0.5) is 17.6 Å². The van der Waals surface area contributed by atoms with Crippen LogP contribution in [0.25, 0.3) is 0 Å². The van der Waals surface area contributed by atoms with Gasteiger partial charge in [0.25, 0.3) is 12.9 Å². The molecule has 9 heteroatoms. The van der Waals surface area contributed by atoms with Crippen LogP contribution in [0.15, 0.2) is 0 Å². The summed E-state index contributed by atoms with van der Waals surface area (Å²) in [7, 11) is -4.29. The van der Waals surface area contributed by atoms with Crippen LogP contribution >= 0.6 is 7.82 Å². The molecular formula is C6H11F4O4P. The van der Waals surface area contributed by atoms with Gasteiger partial charge in [-0.1, -0.05) is 0 Å². The van der Waals surface area contributed by atoms with Crippen molar-refractivity contribution in [3.05, 3.63) is 0 Å². The molecule has 0 rings (SSSR count). The first-order valence-corrected chi connectivity index (χ1v) is 5.45. The Balaban J connectivity index is 4.12. The van der Waals surface area contributed by atoms with Crippen molar-refractivity contribution in [3.63, 3.8) is 0 Å². The Labute approximate surface area is 84.1 Å². The normalized spacial score (nSPS) is 12.7. The fraction of sp³-hybridized carbons (Fsp3) is 1.00. The second-order valence-electron chi connectivity index (χ2n) is 2.24. The topological polar surface area (TPSA) is 44.8 Å². The zero-order valence-corrected chi connectivity index (χ0v) is 8.76. The van der Waals surface area contributed by atoms with Gasteiger partial charge >= 0.3 is 7.82 Å². The van der Waals surface area contributed by atoms with Crippen molar-refractivity contribution in [1.29, 1.82) is 0 Å². The van der Waals surface area contributed by atoms with E-state index in [-0.39, 0.29) is 6.61 Å². The summed E-state index contributed by atoms with van der Waals surface area (Å²) in [6.07, 6.45) is -5.76. The Kier molecular flexibility index (Phi) is 7.08. The SMILES string of the molecule is CCOP(=O)(OCC(F)F)OCC(F)F. The van der Waals surface area contributed by atoms with Gasteiger partial charge in [-0.05, 0) is 6.92 Å². The molecule has 4 nitrogen and oxygen atoms in total. The monoisotopic (exact) mass is 254 g/mol. The zero-order chi connectivity index (χ0) is 11.9. The Hall–Kier alpha value is -0.170. The molecule has 0 heterocycles. The maximum atomic E-state index is 11.7. The van der Waals surface area contributed by atoms with Crippen molar-refractivity contribution >= 4 is 7.82 Å². The van der Waals surface area contributed by atoms with E-state index in [4.69, 9.17) is 0 Å². The molecule has 0 unspecified atom stereocenters. The minimum absolute atomic E-state index is 0.163. The van der Waals surface area contributed by atoms with Crippen molar-refractivity contribution < 1.29 is 35.7 Å². The van der Waals surface area contributed by atoms with E-state index >= 15 is 0 Å². The predicted molar refractivity (Wildman–Crippen MR) is 43.1 cm³/mol. The third-order valence-electron chi connectivity index (χ3n) is 1.00. The van der Waals surface area contributed by atoms with E-state index in [1.54, 1.807) is 0 Å². The molecule has 0 bridgehead atoms. The van der Waals surface area contributed by atoms with Crippen molar-refractivity contribution in [2.75, 3.05) is 19.8 Å². The molecule has 0 aromatic carbocycles. The van der Waals surface area contributed by atoms with Crippen molar-refractivity contribution in [1.82, 2.24) is 0 Å². The van der Waals surface area contributed by atoms with Gasteiger partial charge in [-0.15, -0.1) is 0 Å². The van der Waals surface area contributed by atoms with Gasteiger partial charge in [0.05, 0.1) is 6.61 Å². The third-order valence-corrected chi connectivity index (χ3v) is 2.51. The van der Waals surface area contributed by atoms with Crippen molar-refractivity contribution in [2.45, 2.75) is 19.8 Å². The molecule has 0 saturated carbocycles. The second kappa shape index (κ2) is 7.16. The summed E-state index contributed by atoms with van der Waals surface area (Å²) < 4.78 is 70.7. The zero-order valence-electron chi connectivity index (χ0n) is 7.87. The maximum Gasteiger partial charge on any atom is 0.475 e. The largest absolute Gasteiger partial charge is 0.475 e. The summed E-state index contributed by atoms with van der Waals surface area (Å²) in [5.41, 5.74) is 0. The lowest BCUT2D eigenvalue weighted by Gasteiger charge is -2.16. The van der Waals surface area contributed by atoms with Gasteiger partial charge in [-0.3, -0.25) is 13.6 Å². The highest BCUT2D eigenvalue weighted by molar-refractivity contribution is 7.48. The average molecular weight is 254 g/mol. The molecule has 0 atom stereocenters. The van der Waals surface area contributed by atoms with Crippen LogP contribution in [-0.2, 0) is 18.1 Å². The van der Waals surface area contributed by atoms with Crippen molar-refractivity contribution in [2.24, 2.45) is 0 Å². The first-order chi connectivity index (χ1) is 6.89. The Bertz CT molecular complexity index is 197. The lowest BCUT2D eigenvalue weighted by Crippen LogP contribution is -2.10. The number of phosphoric acid groups is 1. The van der Waals surface area contributed by atoms with Crippen LogP contribution in [0, 0.1) is 0 Å². The highest BCUT2D eigenvalue weighted by Gasteiger charge is 2.29. The molecule has 0 aliphatic carbocycles. The van der Waals surface area contributed by atoms with E-state index < -0.39 is 33.9 Å². The molecule has 0 N–H and O–H groups in total. The van der Waals surface area contributed by atoms with Crippen LogP contribution in [0.1, 0.15) is 6.92 Å². The molecule has 0 aliphatic heterocycles.